The molecule has 0 aliphatic heterocycles. The van der Waals surface area contributed by atoms with Crippen molar-refractivity contribution >= 4 is 21.9 Å². The average molecular weight is 339 g/mol. The number of rotatable bonds is 4. The van der Waals surface area contributed by atoms with Crippen LogP contribution in [0.25, 0.3) is 0 Å². The Balaban J connectivity index is 1.95. The Bertz CT molecular complexity index is 574. The Morgan fingerprint density at radius 3 is 2.90 bits per heavy atom. The molecule has 20 heavy (non-hydrogen) atoms. The molecule has 0 unspecified atom stereocenters. The van der Waals surface area contributed by atoms with Gasteiger partial charge in [-0.1, -0.05) is 0 Å². The van der Waals surface area contributed by atoms with E-state index in [4.69, 9.17) is 4.42 Å². The molecule has 0 spiro atoms. The monoisotopic (exact) mass is 338 g/mol. The summed E-state index contributed by atoms with van der Waals surface area (Å²) in [6.45, 7) is 1.40. The number of guanidine groups is 1. The summed E-state index contributed by atoms with van der Waals surface area (Å²) in [6, 6.07) is 5.93. The first-order valence-corrected chi connectivity index (χ1v) is 7.14. The van der Waals surface area contributed by atoms with Crippen LogP contribution in [0.4, 0.5) is 0 Å². The van der Waals surface area contributed by atoms with E-state index >= 15 is 0 Å². The third kappa shape index (κ3) is 3.66. The van der Waals surface area contributed by atoms with E-state index in [9.17, 15) is 0 Å². The quantitative estimate of drug-likeness (QED) is 0.688. The minimum atomic E-state index is 0.626. The van der Waals surface area contributed by atoms with Crippen molar-refractivity contribution in [2.24, 2.45) is 12.0 Å². The fourth-order valence-electron chi connectivity index (χ4n) is 2.01. The summed E-state index contributed by atoms with van der Waals surface area (Å²) in [5.74, 6) is 1.72. The number of aryl methyl sites for hydroxylation is 1. The predicted molar refractivity (Wildman–Crippen MR) is 83.5 cm³/mol. The normalized spacial score (nSPS) is 11.7. The molecule has 0 bridgehead atoms. The molecule has 0 fully saturated rings. The van der Waals surface area contributed by atoms with E-state index in [1.165, 1.54) is 5.69 Å². The zero-order valence-corrected chi connectivity index (χ0v) is 13.5. The molecule has 2 aromatic heterocycles. The Hall–Kier alpha value is -1.69. The molecule has 0 aliphatic carbocycles. The minimum absolute atomic E-state index is 0.626. The fraction of sp³-hybridized carbons (Fsp3) is 0.357. The zero-order chi connectivity index (χ0) is 14.5. The number of aromatic nitrogens is 1. The third-order valence-corrected chi connectivity index (χ3v) is 3.48. The molecule has 0 amide bonds. The number of halogens is 1. The lowest BCUT2D eigenvalue weighted by molar-refractivity contribution is 0.449. The van der Waals surface area contributed by atoms with Crippen molar-refractivity contribution in [2.75, 3.05) is 14.1 Å². The molecule has 2 rings (SSSR count). The maximum Gasteiger partial charge on any atom is 0.194 e. The third-order valence-electron chi connectivity index (χ3n) is 3.05. The molecule has 0 atom stereocenters. The molecule has 2 heterocycles. The van der Waals surface area contributed by atoms with Gasteiger partial charge in [0.2, 0.25) is 0 Å². The molecular formula is C14H19BrN4O. The number of hydrogen-bond donors (Lipinski definition) is 1. The molecule has 5 nitrogen and oxygen atoms in total. The molecule has 0 aliphatic rings. The minimum Gasteiger partial charge on any atom is -0.467 e. The number of furan rings is 1. The van der Waals surface area contributed by atoms with Crippen molar-refractivity contribution in [3.8, 4) is 0 Å². The van der Waals surface area contributed by atoms with Crippen LogP contribution in [0.15, 0.2) is 44.5 Å². The van der Waals surface area contributed by atoms with Crippen LogP contribution in [0, 0.1) is 0 Å². The van der Waals surface area contributed by atoms with E-state index in [1.807, 2.05) is 32.4 Å². The number of hydrogen-bond acceptors (Lipinski definition) is 2. The number of nitrogens with one attached hydrogen (secondary N) is 1. The average Bonchev–Trinajstić information content (AvgIpc) is 3.01. The molecule has 108 valence electrons. The second kappa shape index (κ2) is 6.65. The van der Waals surface area contributed by atoms with Gasteiger partial charge >= 0.3 is 0 Å². The van der Waals surface area contributed by atoms with Gasteiger partial charge in [-0.2, -0.15) is 0 Å². The molecule has 1 N–H and O–H groups in total. The van der Waals surface area contributed by atoms with Crippen LogP contribution in [-0.4, -0.2) is 29.5 Å². The number of aliphatic imine (C=N–C) groups is 1. The highest BCUT2D eigenvalue weighted by Crippen LogP contribution is 2.15. The Kier molecular flexibility index (Phi) is 4.89. The lowest BCUT2D eigenvalue weighted by Crippen LogP contribution is -2.38. The van der Waals surface area contributed by atoms with Crippen LogP contribution in [0.3, 0.4) is 0 Å². The van der Waals surface area contributed by atoms with Crippen LogP contribution in [0.1, 0.15) is 11.5 Å². The topological polar surface area (TPSA) is 45.7 Å². The van der Waals surface area contributed by atoms with Gasteiger partial charge in [0, 0.05) is 37.5 Å². The van der Waals surface area contributed by atoms with Gasteiger partial charge in [-0.3, -0.25) is 4.99 Å². The van der Waals surface area contributed by atoms with Gasteiger partial charge in [-0.05, 0) is 34.1 Å². The lowest BCUT2D eigenvalue weighted by atomic mass is 10.4. The number of nitrogens with zero attached hydrogens (tertiary/aromatic N) is 3. The molecular weight excluding hydrogens is 320 g/mol. The lowest BCUT2D eigenvalue weighted by Gasteiger charge is -2.22. The second-order valence-electron chi connectivity index (χ2n) is 4.60. The van der Waals surface area contributed by atoms with Crippen molar-refractivity contribution in [1.29, 1.82) is 0 Å². The van der Waals surface area contributed by atoms with Gasteiger partial charge in [0.25, 0.3) is 0 Å². The first kappa shape index (κ1) is 14.7. The van der Waals surface area contributed by atoms with E-state index in [1.54, 1.807) is 13.3 Å². The van der Waals surface area contributed by atoms with Gasteiger partial charge in [-0.25, -0.2) is 0 Å². The van der Waals surface area contributed by atoms with Crippen LogP contribution in [0.2, 0.25) is 0 Å². The standard InChI is InChI=1S/C14H19BrN4O/c1-16-14(17-8-13-5-4-6-20-13)19(3)10-12-7-11(15)9-18(12)2/h4-7,9H,8,10H2,1-3H3,(H,16,17). The molecule has 6 heteroatoms. The first-order chi connectivity index (χ1) is 9.60. The molecule has 0 saturated carbocycles. The van der Waals surface area contributed by atoms with Crippen molar-refractivity contribution in [1.82, 2.24) is 14.8 Å². The predicted octanol–water partition coefficient (Wildman–Crippen LogP) is 2.59. The molecule has 0 saturated heterocycles. The fourth-order valence-corrected chi connectivity index (χ4v) is 2.58. The summed E-state index contributed by atoms with van der Waals surface area (Å²) in [6.07, 6.45) is 3.72. The highest BCUT2D eigenvalue weighted by Gasteiger charge is 2.09. The summed E-state index contributed by atoms with van der Waals surface area (Å²) in [5, 5.41) is 3.28. The van der Waals surface area contributed by atoms with Crippen molar-refractivity contribution in [3.05, 3.63) is 46.6 Å². The van der Waals surface area contributed by atoms with Gasteiger partial charge in [-0.15, -0.1) is 0 Å². The van der Waals surface area contributed by atoms with E-state index in [2.05, 4.69) is 41.8 Å². The highest BCUT2D eigenvalue weighted by molar-refractivity contribution is 9.10. The van der Waals surface area contributed by atoms with Crippen LogP contribution < -0.4 is 5.32 Å². The Morgan fingerprint density at radius 2 is 2.35 bits per heavy atom. The summed E-state index contributed by atoms with van der Waals surface area (Å²) in [7, 11) is 5.83. The van der Waals surface area contributed by atoms with Crippen molar-refractivity contribution in [3.63, 3.8) is 0 Å². The van der Waals surface area contributed by atoms with Crippen molar-refractivity contribution in [2.45, 2.75) is 13.1 Å². The van der Waals surface area contributed by atoms with Gasteiger partial charge < -0.3 is 19.2 Å². The van der Waals surface area contributed by atoms with Gasteiger partial charge in [0.1, 0.15) is 5.76 Å². The summed E-state index contributed by atoms with van der Waals surface area (Å²) in [5.41, 5.74) is 1.21. The summed E-state index contributed by atoms with van der Waals surface area (Å²) in [4.78, 5) is 6.36. The van der Waals surface area contributed by atoms with E-state index in [0.717, 1.165) is 22.7 Å². The highest BCUT2D eigenvalue weighted by atomic mass is 79.9. The maximum atomic E-state index is 5.30. The van der Waals surface area contributed by atoms with Gasteiger partial charge in [0.15, 0.2) is 5.96 Å². The first-order valence-electron chi connectivity index (χ1n) is 6.35. The molecule has 0 radical (unpaired) electrons. The van der Waals surface area contributed by atoms with Crippen molar-refractivity contribution < 1.29 is 4.42 Å². The van der Waals surface area contributed by atoms with E-state index < -0.39 is 0 Å². The second-order valence-corrected chi connectivity index (χ2v) is 5.51. The summed E-state index contributed by atoms with van der Waals surface area (Å²) >= 11 is 3.49. The SMILES string of the molecule is CN=C(NCc1ccco1)N(C)Cc1cc(Br)cn1C. The zero-order valence-electron chi connectivity index (χ0n) is 11.9. The maximum absolute atomic E-state index is 5.30. The molecule has 2 aromatic rings. The summed E-state index contributed by atoms with van der Waals surface area (Å²) < 4.78 is 8.49. The Morgan fingerprint density at radius 1 is 1.55 bits per heavy atom. The van der Waals surface area contributed by atoms with E-state index in [-0.39, 0.29) is 0 Å². The largest absolute Gasteiger partial charge is 0.467 e. The van der Waals surface area contributed by atoms with Crippen LogP contribution in [0.5, 0.6) is 0 Å². The smallest absolute Gasteiger partial charge is 0.194 e. The van der Waals surface area contributed by atoms with E-state index in [0.29, 0.717) is 6.54 Å². The van der Waals surface area contributed by atoms with Crippen LogP contribution >= 0.6 is 15.9 Å². The van der Waals surface area contributed by atoms with Crippen LogP contribution in [-0.2, 0) is 20.1 Å². The van der Waals surface area contributed by atoms with Gasteiger partial charge in [0.05, 0.1) is 19.4 Å². The molecule has 0 aromatic carbocycles. The Labute approximate surface area is 127 Å².